The molecular formula is C21H18F2N2O2S. The van der Waals surface area contributed by atoms with Crippen molar-refractivity contribution in [3.63, 3.8) is 0 Å². The third kappa shape index (κ3) is 4.54. The molecule has 0 aliphatic heterocycles. The smallest absolute Gasteiger partial charge is 0.270 e. The van der Waals surface area contributed by atoms with Crippen LogP contribution in [0.1, 0.15) is 28.9 Å². The molecule has 144 valence electrons. The topological polar surface area (TPSA) is 51.2 Å². The van der Waals surface area contributed by atoms with Crippen LogP contribution >= 0.6 is 11.3 Å². The van der Waals surface area contributed by atoms with Gasteiger partial charge in [-0.1, -0.05) is 12.1 Å². The summed E-state index contributed by atoms with van der Waals surface area (Å²) in [6.45, 7) is 0.692. The summed E-state index contributed by atoms with van der Waals surface area (Å²) >= 11 is 1.38. The van der Waals surface area contributed by atoms with E-state index in [-0.39, 0.29) is 18.1 Å². The maximum Gasteiger partial charge on any atom is 0.270 e. The molecule has 4 rings (SSSR count). The molecule has 0 radical (unpaired) electrons. The molecule has 0 bridgehead atoms. The molecule has 1 heterocycles. The first kappa shape index (κ1) is 18.6. The van der Waals surface area contributed by atoms with Crippen LogP contribution in [-0.2, 0) is 6.61 Å². The highest BCUT2D eigenvalue weighted by Crippen LogP contribution is 2.29. The van der Waals surface area contributed by atoms with Gasteiger partial charge in [-0.05, 0) is 43.0 Å². The van der Waals surface area contributed by atoms with Gasteiger partial charge in [0.2, 0.25) is 0 Å². The minimum Gasteiger partial charge on any atom is -0.489 e. The first-order chi connectivity index (χ1) is 13.6. The van der Waals surface area contributed by atoms with Gasteiger partial charge in [-0.2, -0.15) is 0 Å². The SMILES string of the molecule is O=C(NCC1CC1)c1csc(-c2cccc(OCc3ccc(F)cc3F)c2)n1. The van der Waals surface area contributed by atoms with Crippen molar-refractivity contribution in [2.75, 3.05) is 6.54 Å². The summed E-state index contributed by atoms with van der Waals surface area (Å²) < 4.78 is 32.3. The van der Waals surface area contributed by atoms with Gasteiger partial charge in [0.15, 0.2) is 0 Å². The number of thiazole rings is 1. The number of nitrogens with zero attached hydrogens (tertiary/aromatic N) is 1. The number of carbonyl (C=O) groups excluding carboxylic acids is 1. The number of benzene rings is 2. The molecule has 1 fully saturated rings. The Bertz CT molecular complexity index is 1000. The van der Waals surface area contributed by atoms with E-state index in [2.05, 4.69) is 10.3 Å². The second kappa shape index (κ2) is 8.06. The maximum atomic E-state index is 13.7. The molecule has 1 N–H and O–H groups in total. The van der Waals surface area contributed by atoms with E-state index in [1.165, 1.54) is 36.3 Å². The number of ether oxygens (including phenoxy) is 1. The number of hydrogen-bond acceptors (Lipinski definition) is 4. The predicted octanol–water partition coefficient (Wildman–Crippen LogP) is 4.81. The number of hydrogen-bond donors (Lipinski definition) is 1. The fourth-order valence-corrected chi connectivity index (χ4v) is 3.48. The number of rotatable bonds is 7. The Morgan fingerprint density at radius 2 is 2.07 bits per heavy atom. The van der Waals surface area contributed by atoms with Crippen LogP contribution in [0, 0.1) is 17.6 Å². The first-order valence-corrected chi connectivity index (χ1v) is 9.87. The lowest BCUT2D eigenvalue weighted by molar-refractivity contribution is 0.0947. The van der Waals surface area contributed by atoms with Gasteiger partial charge in [0.1, 0.15) is 34.7 Å². The summed E-state index contributed by atoms with van der Waals surface area (Å²) in [6.07, 6.45) is 2.36. The fraction of sp³-hybridized carbons (Fsp3) is 0.238. The van der Waals surface area contributed by atoms with Crippen molar-refractivity contribution in [3.05, 3.63) is 70.7 Å². The van der Waals surface area contributed by atoms with Gasteiger partial charge >= 0.3 is 0 Å². The van der Waals surface area contributed by atoms with Crippen LogP contribution in [0.5, 0.6) is 5.75 Å². The summed E-state index contributed by atoms with van der Waals surface area (Å²) in [5.74, 6) is -0.270. The number of aromatic nitrogens is 1. The van der Waals surface area contributed by atoms with Crippen LogP contribution < -0.4 is 10.1 Å². The highest BCUT2D eigenvalue weighted by molar-refractivity contribution is 7.13. The van der Waals surface area contributed by atoms with Crippen molar-refractivity contribution in [1.29, 1.82) is 0 Å². The molecule has 1 saturated carbocycles. The number of halogens is 2. The largest absolute Gasteiger partial charge is 0.489 e. The summed E-state index contributed by atoms with van der Waals surface area (Å²) in [7, 11) is 0. The monoisotopic (exact) mass is 400 g/mol. The summed E-state index contributed by atoms with van der Waals surface area (Å²) in [4.78, 5) is 16.6. The lowest BCUT2D eigenvalue weighted by atomic mass is 10.2. The second-order valence-electron chi connectivity index (χ2n) is 6.74. The summed E-state index contributed by atoms with van der Waals surface area (Å²) in [5, 5.41) is 5.34. The van der Waals surface area contributed by atoms with E-state index in [0.717, 1.165) is 11.6 Å². The lowest BCUT2D eigenvalue weighted by Crippen LogP contribution is -2.25. The Hall–Kier alpha value is -2.80. The van der Waals surface area contributed by atoms with Crippen LogP contribution in [0.15, 0.2) is 47.8 Å². The second-order valence-corrected chi connectivity index (χ2v) is 7.60. The molecule has 3 aromatic rings. The third-order valence-corrected chi connectivity index (χ3v) is 5.37. The number of carbonyl (C=O) groups is 1. The molecule has 28 heavy (non-hydrogen) atoms. The molecule has 4 nitrogen and oxygen atoms in total. The average molecular weight is 400 g/mol. The minimum atomic E-state index is -0.641. The third-order valence-electron chi connectivity index (χ3n) is 4.48. The highest BCUT2D eigenvalue weighted by Gasteiger charge is 2.22. The molecule has 1 aromatic heterocycles. The molecule has 1 aliphatic carbocycles. The standard InChI is InChI=1S/C21H18F2N2O2S/c22-16-7-6-15(18(23)9-16)11-27-17-3-1-2-14(8-17)21-25-19(12-28-21)20(26)24-10-13-4-5-13/h1-3,6-9,12-13H,4-5,10-11H2,(H,24,26). The Labute approximate surface area is 165 Å². The first-order valence-electron chi connectivity index (χ1n) is 8.99. The molecule has 2 aromatic carbocycles. The molecule has 0 unspecified atom stereocenters. The molecule has 7 heteroatoms. The zero-order valence-corrected chi connectivity index (χ0v) is 15.8. The van der Waals surface area contributed by atoms with Gasteiger partial charge in [-0.25, -0.2) is 13.8 Å². The van der Waals surface area contributed by atoms with Crippen molar-refractivity contribution < 1.29 is 18.3 Å². The van der Waals surface area contributed by atoms with Crippen LogP contribution in [0.3, 0.4) is 0 Å². The van der Waals surface area contributed by atoms with Gasteiger partial charge < -0.3 is 10.1 Å². The van der Waals surface area contributed by atoms with Crippen LogP contribution in [0.25, 0.3) is 10.6 Å². The van der Waals surface area contributed by atoms with Crippen molar-refractivity contribution >= 4 is 17.2 Å². The van der Waals surface area contributed by atoms with Gasteiger partial charge in [0.05, 0.1) is 0 Å². The van der Waals surface area contributed by atoms with E-state index in [0.29, 0.717) is 28.9 Å². The normalized spacial score (nSPS) is 13.4. The van der Waals surface area contributed by atoms with Crippen LogP contribution in [0.4, 0.5) is 8.78 Å². The van der Waals surface area contributed by atoms with Crippen molar-refractivity contribution in [2.45, 2.75) is 19.4 Å². The molecule has 0 spiro atoms. The fourth-order valence-electron chi connectivity index (χ4n) is 2.68. The van der Waals surface area contributed by atoms with E-state index in [9.17, 15) is 13.6 Å². The number of amides is 1. The molecular weight excluding hydrogens is 382 g/mol. The zero-order chi connectivity index (χ0) is 19.5. The average Bonchev–Trinajstić information content (AvgIpc) is 3.39. The predicted molar refractivity (Wildman–Crippen MR) is 103 cm³/mol. The lowest BCUT2D eigenvalue weighted by Gasteiger charge is -2.08. The van der Waals surface area contributed by atoms with E-state index in [1.54, 1.807) is 23.6 Å². The van der Waals surface area contributed by atoms with Crippen molar-refractivity contribution in [2.24, 2.45) is 5.92 Å². The van der Waals surface area contributed by atoms with Gasteiger partial charge in [0, 0.05) is 29.1 Å². The van der Waals surface area contributed by atoms with Gasteiger partial charge in [-0.15, -0.1) is 11.3 Å². The summed E-state index contributed by atoms with van der Waals surface area (Å²) in [6, 6.07) is 10.6. The summed E-state index contributed by atoms with van der Waals surface area (Å²) in [5.41, 5.74) is 1.49. The highest BCUT2D eigenvalue weighted by atomic mass is 32.1. The molecule has 0 atom stereocenters. The zero-order valence-electron chi connectivity index (χ0n) is 15.0. The molecule has 1 aliphatic rings. The van der Waals surface area contributed by atoms with Crippen molar-refractivity contribution in [3.8, 4) is 16.3 Å². The maximum absolute atomic E-state index is 13.7. The van der Waals surface area contributed by atoms with E-state index in [1.807, 2.05) is 6.07 Å². The van der Waals surface area contributed by atoms with Crippen LogP contribution in [-0.4, -0.2) is 17.4 Å². The Kier molecular flexibility index (Phi) is 5.34. The van der Waals surface area contributed by atoms with E-state index < -0.39 is 11.6 Å². The van der Waals surface area contributed by atoms with Gasteiger partial charge in [-0.3, -0.25) is 4.79 Å². The van der Waals surface area contributed by atoms with E-state index in [4.69, 9.17) is 4.74 Å². The Morgan fingerprint density at radius 1 is 1.21 bits per heavy atom. The Balaban J connectivity index is 1.42. The van der Waals surface area contributed by atoms with E-state index >= 15 is 0 Å². The van der Waals surface area contributed by atoms with Crippen LogP contribution in [0.2, 0.25) is 0 Å². The quantitative estimate of drug-likeness (QED) is 0.619. The molecule has 0 saturated heterocycles. The number of nitrogens with one attached hydrogen (secondary N) is 1. The molecule has 1 amide bonds. The van der Waals surface area contributed by atoms with Crippen molar-refractivity contribution in [1.82, 2.24) is 10.3 Å². The Morgan fingerprint density at radius 3 is 2.86 bits per heavy atom. The minimum absolute atomic E-state index is 0.0116. The van der Waals surface area contributed by atoms with Gasteiger partial charge in [0.25, 0.3) is 5.91 Å².